The van der Waals surface area contributed by atoms with Crippen LogP contribution in [0.3, 0.4) is 0 Å². The van der Waals surface area contributed by atoms with Crippen LogP contribution in [-0.4, -0.2) is 30.4 Å². The van der Waals surface area contributed by atoms with Gasteiger partial charge in [-0.1, -0.05) is 149 Å². The molecule has 5 heteroatoms. The lowest BCUT2D eigenvalue weighted by Crippen LogP contribution is -2.18. The van der Waals surface area contributed by atoms with Crippen molar-refractivity contribution in [3.8, 4) is 0 Å². The Kier molecular flexibility index (Phi) is 35.3. The SMILES string of the molecule is CCCCCCCCCOC(=O)CCCCCCC(=O)CCCCCCC(=O)OC(CCCCCCCC)CCCCCCCC. The minimum atomic E-state index is -0.0727. The molecule has 0 unspecified atom stereocenters. The lowest BCUT2D eigenvalue weighted by atomic mass is 10.0. The van der Waals surface area contributed by atoms with Gasteiger partial charge in [0, 0.05) is 25.7 Å². The molecule has 0 saturated heterocycles. The van der Waals surface area contributed by atoms with Gasteiger partial charge in [0.05, 0.1) is 6.61 Å². The average Bonchev–Trinajstić information content (AvgIpc) is 3.04. The van der Waals surface area contributed by atoms with Crippen molar-refractivity contribution in [1.82, 2.24) is 0 Å². The molecule has 5 nitrogen and oxygen atoms in total. The topological polar surface area (TPSA) is 69.7 Å². The van der Waals surface area contributed by atoms with Gasteiger partial charge >= 0.3 is 11.9 Å². The Morgan fingerprint density at radius 3 is 1.20 bits per heavy atom. The summed E-state index contributed by atoms with van der Waals surface area (Å²) < 4.78 is 11.3. The van der Waals surface area contributed by atoms with Crippen LogP contribution in [0.25, 0.3) is 0 Å². The van der Waals surface area contributed by atoms with Gasteiger partial charge in [0.1, 0.15) is 11.9 Å². The van der Waals surface area contributed by atoms with Gasteiger partial charge in [0.25, 0.3) is 0 Å². The van der Waals surface area contributed by atoms with E-state index >= 15 is 0 Å². The van der Waals surface area contributed by atoms with E-state index in [2.05, 4.69) is 20.8 Å². The van der Waals surface area contributed by atoms with E-state index in [-0.39, 0.29) is 18.0 Å². The first-order valence-electron chi connectivity index (χ1n) is 20.4. The molecule has 0 N–H and O–H groups in total. The highest BCUT2D eigenvalue weighted by Gasteiger charge is 2.14. The summed E-state index contributed by atoms with van der Waals surface area (Å²) in [7, 11) is 0. The van der Waals surface area contributed by atoms with Crippen LogP contribution in [0.2, 0.25) is 0 Å². The third-order valence-corrected chi connectivity index (χ3v) is 9.24. The molecule has 0 rings (SSSR count). The van der Waals surface area contributed by atoms with Crippen molar-refractivity contribution in [2.45, 2.75) is 239 Å². The van der Waals surface area contributed by atoms with Crippen LogP contribution in [0, 0.1) is 0 Å². The highest BCUT2D eigenvalue weighted by atomic mass is 16.5. The second-order valence-corrected chi connectivity index (χ2v) is 13.9. The molecule has 0 aromatic heterocycles. The Balaban J connectivity index is 3.81. The zero-order chi connectivity index (χ0) is 33.8. The Labute approximate surface area is 286 Å². The Morgan fingerprint density at radius 2 is 0.739 bits per heavy atom. The smallest absolute Gasteiger partial charge is 0.306 e. The van der Waals surface area contributed by atoms with Gasteiger partial charge in [-0.15, -0.1) is 0 Å². The van der Waals surface area contributed by atoms with Gasteiger partial charge in [-0.3, -0.25) is 14.4 Å². The lowest BCUT2D eigenvalue weighted by Gasteiger charge is -2.18. The summed E-state index contributed by atoms with van der Waals surface area (Å²) in [5.41, 5.74) is 0. The second kappa shape index (κ2) is 36.4. The van der Waals surface area contributed by atoms with Gasteiger partial charge in [-0.25, -0.2) is 0 Å². The lowest BCUT2D eigenvalue weighted by molar-refractivity contribution is -0.150. The predicted octanol–water partition coefficient (Wildman–Crippen LogP) is 12.9. The molecular formula is C41H78O5. The molecule has 0 amide bonds. The first-order chi connectivity index (χ1) is 22.5. The van der Waals surface area contributed by atoms with Crippen molar-refractivity contribution in [3.05, 3.63) is 0 Å². The van der Waals surface area contributed by atoms with E-state index in [1.165, 1.54) is 109 Å². The van der Waals surface area contributed by atoms with Gasteiger partial charge < -0.3 is 9.47 Å². The van der Waals surface area contributed by atoms with Crippen LogP contribution in [0.4, 0.5) is 0 Å². The zero-order valence-electron chi connectivity index (χ0n) is 31.2. The van der Waals surface area contributed by atoms with Crippen molar-refractivity contribution in [3.63, 3.8) is 0 Å². The summed E-state index contributed by atoms with van der Waals surface area (Å²) in [6.07, 6.45) is 35.8. The van der Waals surface area contributed by atoms with Crippen LogP contribution in [-0.2, 0) is 23.9 Å². The van der Waals surface area contributed by atoms with E-state index in [0.29, 0.717) is 38.1 Å². The maximum Gasteiger partial charge on any atom is 0.306 e. The molecule has 0 aliphatic heterocycles. The normalized spacial score (nSPS) is 11.3. The molecule has 272 valence electrons. The largest absolute Gasteiger partial charge is 0.466 e. The molecule has 46 heavy (non-hydrogen) atoms. The first-order valence-corrected chi connectivity index (χ1v) is 20.4. The minimum absolute atomic E-state index is 0.0283. The summed E-state index contributed by atoms with van der Waals surface area (Å²) in [5, 5.41) is 0. The first kappa shape index (κ1) is 44.6. The quantitative estimate of drug-likeness (QED) is 0.0494. The Morgan fingerprint density at radius 1 is 0.391 bits per heavy atom. The monoisotopic (exact) mass is 651 g/mol. The number of ketones is 1. The van der Waals surface area contributed by atoms with Crippen molar-refractivity contribution in [2.75, 3.05) is 6.61 Å². The number of carbonyl (C=O) groups excluding carboxylic acids is 3. The number of hydrogen-bond donors (Lipinski definition) is 0. The molecular weight excluding hydrogens is 572 g/mol. The van der Waals surface area contributed by atoms with Gasteiger partial charge in [-0.2, -0.15) is 0 Å². The standard InChI is InChI=1S/C41H78O5/c1-4-7-10-13-16-23-30-37-45-40(43)35-28-21-19-24-31-38(42)32-25-20-22-29-36-41(44)46-39(33-26-17-14-11-8-5-2)34-27-18-15-12-9-6-3/h39H,4-37H2,1-3H3. The van der Waals surface area contributed by atoms with E-state index in [1.54, 1.807) is 0 Å². The van der Waals surface area contributed by atoms with Crippen molar-refractivity contribution in [2.24, 2.45) is 0 Å². The molecule has 0 saturated carbocycles. The number of esters is 2. The Hall–Kier alpha value is -1.39. The van der Waals surface area contributed by atoms with Crippen molar-refractivity contribution in [1.29, 1.82) is 0 Å². The van der Waals surface area contributed by atoms with Crippen molar-refractivity contribution < 1.29 is 23.9 Å². The predicted molar refractivity (Wildman–Crippen MR) is 195 cm³/mol. The van der Waals surface area contributed by atoms with Crippen LogP contribution >= 0.6 is 0 Å². The van der Waals surface area contributed by atoms with Crippen molar-refractivity contribution >= 4 is 17.7 Å². The van der Waals surface area contributed by atoms with Crippen LogP contribution in [0.1, 0.15) is 233 Å². The minimum Gasteiger partial charge on any atom is -0.466 e. The highest BCUT2D eigenvalue weighted by Crippen LogP contribution is 2.18. The molecule has 0 aromatic rings. The number of ether oxygens (including phenoxy) is 2. The molecule has 0 bridgehead atoms. The number of hydrogen-bond acceptors (Lipinski definition) is 5. The van der Waals surface area contributed by atoms with E-state index in [0.717, 1.165) is 77.0 Å². The molecule has 0 radical (unpaired) electrons. The molecule has 0 fully saturated rings. The molecule has 0 aromatic carbocycles. The fourth-order valence-electron chi connectivity index (χ4n) is 6.14. The molecule has 0 heterocycles. The van der Waals surface area contributed by atoms with E-state index < -0.39 is 0 Å². The molecule has 0 aliphatic rings. The molecule has 0 aliphatic carbocycles. The van der Waals surface area contributed by atoms with Crippen LogP contribution in [0.15, 0.2) is 0 Å². The summed E-state index contributed by atoms with van der Waals surface area (Å²) in [6.45, 7) is 7.29. The average molecular weight is 651 g/mol. The van der Waals surface area contributed by atoms with E-state index in [4.69, 9.17) is 9.47 Å². The number of unbranched alkanes of at least 4 members (excludes halogenated alkanes) is 22. The maximum absolute atomic E-state index is 12.6. The Bertz CT molecular complexity index is 660. The fraction of sp³-hybridized carbons (Fsp3) is 0.927. The molecule has 0 spiro atoms. The summed E-state index contributed by atoms with van der Waals surface area (Å²) in [4.78, 5) is 36.7. The van der Waals surface area contributed by atoms with Gasteiger partial charge in [0.15, 0.2) is 0 Å². The maximum atomic E-state index is 12.6. The number of rotatable bonds is 37. The summed E-state index contributed by atoms with van der Waals surface area (Å²) in [6, 6.07) is 0. The van der Waals surface area contributed by atoms with E-state index in [1.807, 2.05) is 0 Å². The molecule has 0 atom stereocenters. The number of Topliss-reactive ketones (excluding diaryl/α,β-unsaturated/α-hetero) is 1. The fourth-order valence-corrected chi connectivity index (χ4v) is 6.14. The van der Waals surface area contributed by atoms with Crippen LogP contribution < -0.4 is 0 Å². The van der Waals surface area contributed by atoms with E-state index in [9.17, 15) is 14.4 Å². The summed E-state index contributed by atoms with van der Waals surface area (Å²) in [5.74, 6) is 0.247. The van der Waals surface area contributed by atoms with Gasteiger partial charge in [0.2, 0.25) is 0 Å². The highest BCUT2D eigenvalue weighted by molar-refractivity contribution is 5.78. The number of carbonyl (C=O) groups is 3. The van der Waals surface area contributed by atoms with Crippen LogP contribution in [0.5, 0.6) is 0 Å². The third-order valence-electron chi connectivity index (χ3n) is 9.24. The third kappa shape index (κ3) is 34.0. The van der Waals surface area contributed by atoms with Gasteiger partial charge in [-0.05, 0) is 57.8 Å². The summed E-state index contributed by atoms with van der Waals surface area (Å²) >= 11 is 0. The second-order valence-electron chi connectivity index (χ2n) is 13.9. The zero-order valence-corrected chi connectivity index (χ0v) is 31.2.